The molecule has 104 valence electrons. The molecule has 0 saturated carbocycles. The van der Waals surface area contributed by atoms with Crippen molar-refractivity contribution in [2.24, 2.45) is 5.92 Å². The van der Waals surface area contributed by atoms with Gasteiger partial charge in [0.2, 0.25) is 0 Å². The highest BCUT2D eigenvalue weighted by molar-refractivity contribution is 5.99. The molecule has 0 fully saturated rings. The molecule has 0 bridgehead atoms. The zero-order valence-electron chi connectivity index (χ0n) is 12.2. The molecule has 0 aromatic heterocycles. The molecule has 1 rings (SSSR count). The first-order chi connectivity index (χ1) is 8.97. The van der Waals surface area contributed by atoms with E-state index >= 15 is 0 Å². The molecule has 1 atom stereocenters. The molecule has 0 unspecified atom stereocenters. The summed E-state index contributed by atoms with van der Waals surface area (Å²) < 4.78 is 4.94. The molecule has 1 aromatic carbocycles. The van der Waals surface area contributed by atoms with E-state index in [1.165, 1.54) is 0 Å². The Morgan fingerprint density at radius 1 is 1.11 bits per heavy atom. The summed E-state index contributed by atoms with van der Waals surface area (Å²) in [7, 11) is 0. The van der Waals surface area contributed by atoms with E-state index in [-0.39, 0.29) is 5.78 Å². The lowest BCUT2D eigenvalue weighted by Crippen LogP contribution is -2.27. The summed E-state index contributed by atoms with van der Waals surface area (Å²) in [5, 5.41) is 0. The van der Waals surface area contributed by atoms with E-state index in [1.807, 2.05) is 32.9 Å². The lowest BCUT2D eigenvalue weighted by molar-refractivity contribution is -0.151. The highest BCUT2D eigenvalue weighted by Crippen LogP contribution is 2.14. The number of carbonyl (C=O) groups excluding carboxylic acids is 2. The minimum atomic E-state index is -0.638. The van der Waals surface area contributed by atoms with E-state index in [2.05, 4.69) is 6.07 Å². The van der Waals surface area contributed by atoms with Crippen LogP contribution in [0.3, 0.4) is 0 Å². The van der Waals surface area contributed by atoms with Gasteiger partial charge >= 0.3 is 5.97 Å². The van der Waals surface area contributed by atoms with E-state index in [1.54, 1.807) is 6.92 Å². The van der Waals surface area contributed by atoms with Gasteiger partial charge < -0.3 is 4.74 Å². The van der Waals surface area contributed by atoms with Crippen LogP contribution in [-0.2, 0) is 20.7 Å². The third-order valence-corrected chi connectivity index (χ3v) is 3.03. The second kappa shape index (κ2) is 7.07. The van der Waals surface area contributed by atoms with Crippen molar-refractivity contribution in [3.05, 3.63) is 34.9 Å². The number of carbonyl (C=O) groups is 2. The summed E-state index contributed by atoms with van der Waals surface area (Å²) >= 11 is 0. The normalized spacial score (nSPS) is 12.0. The highest BCUT2D eigenvalue weighted by atomic mass is 16.5. The predicted octanol–water partition coefficient (Wildman–Crippen LogP) is 3.00. The number of rotatable bonds is 6. The van der Waals surface area contributed by atoms with Gasteiger partial charge in [0.15, 0.2) is 5.78 Å². The van der Waals surface area contributed by atoms with Crippen LogP contribution in [0.15, 0.2) is 18.2 Å². The van der Waals surface area contributed by atoms with E-state index in [9.17, 15) is 9.59 Å². The molecule has 0 aliphatic rings. The Morgan fingerprint density at radius 2 is 1.68 bits per heavy atom. The van der Waals surface area contributed by atoms with Crippen molar-refractivity contribution in [2.45, 2.75) is 40.5 Å². The molecule has 0 amide bonds. The van der Waals surface area contributed by atoms with E-state index in [0.29, 0.717) is 19.4 Å². The molecule has 0 aliphatic carbocycles. The Bertz CT molecular complexity index is 443. The summed E-state index contributed by atoms with van der Waals surface area (Å²) in [6.45, 7) is 7.90. The minimum absolute atomic E-state index is 0.0639. The fourth-order valence-corrected chi connectivity index (χ4v) is 2.26. The molecule has 0 aliphatic heterocycles. The van der Waals surface area contributed by atoms with Gasteiger partial charge in [-0.05, 0) is 32.8 Å². The van der Waals surface area contributed by atoms with Crippen LogP contribution in [0.2, 0.25) is 0 Å². The zero-order chi connectivity index (χ0) is 14.4. The van der Waals surface area contributed by atoms with Crippen LogP contribution in [0.1, 0.15) is 37.0 Å². The van der Waals surface area contributed by atoms with Crippen molar-refractivity contribution in [1.82, 2.24) is 0 Å². The third kappa shape index (κ3) is 4.51. The van der Waals surface area contributed by atoms with Gasteiger partial charge in [0.25, 0.3) is 0 Å². The number of hydrogen-bond acceptors (Lipinski definition) is 3. The fraction of sp³-hybridized carbons (Fsp3) is 0.500. The Kier molecular flexibility index (Phi) is 5.74. The lowest BCUT2D eigenvalue weighted by atomic mass is 9.94. The van der Waals surface area contributed by atoms with Crippen LogP contribution < -0.4 is 0 Å². The van der Waals surface area contributed by atoms with Crippen molar-refractivity contribution >= 4 is 11.8 Å². The molecule has 19 heavy (non-hydrogen) atoms. The number of aryl methyl sites for hydroxylation is 2. The minimum Gasteiger partial charge on any atom is -0.465 e. The molecule has 3 nitrogen and oxygen atoms in total. The van der Waals surface area contributed by atoms with Crippen molar-refractivity contribution < 1.29 is 14.3 Å². The molecule has 0 spiro atoms. The van der Waals surface area contributed by atoms with E-state index in [0.717, 1.165) is 16.7 Å². The standard InChI is InChI=1S/C16H22O3/c1-5-14(16(18)19-6-2)15(17)10-13-8-11(3)7-12(4)9-13/h7-9,14H,5-6,10H2,1-4H3/t14-/m1/s1. The summed E-state index contributed by atoms with van der Waals surface area (Å²) in [4.78, 5) is 23.9. The average Bonchev–Trinajstić information content (AvgIpc) is 2.28. The molecule has 3 heteroatoms. The number of hydrogen-bond donors (Lipinski definition) is 0. The first-order valence-electron chi connectivity index (χ1n) is 6.74. The van der Waals surface area contributed by atoms with Crippen LogP contribution >= 0.6 is 0 Å². The van der Waals surface area contributed by atoms with Crippen LogP contribution in [-0.4, -0.2) is 18.4 Å². The van der Waals surface area contributed by atoms with Gasteiger partial charge in [-0.1, -0.05) is 36.2 Å². The van der Waals surface area contributed by atoms with E-state index < -0.39 is 11.9 Å². The lowest BCUT2D eigenvalue weighted by Gasteiger charge is -2.13. The smallest absolute Gasteiger partial charge is 0.316 e. The largest absolute Gasteiger partial charge is 0.465 e. The van der Waals surface area contributed by atoms with Gasteiger partial charge in [-0.2, -0.15) is 0 Å². The fourth-order valence-electron chi connectivity index (χ4n) is 2.26. The number of ether oxygens (including phenoxy) is 1. The van der Waals surface area contributed by atoms with Crippen molar-refractivity contribution in [1.29, 1.82) is 0 Å². The SMILES string of the molecule is CCOC(=O)[C@H](CC)C(=O)Cc1cc(C)cc(C)c1. The second-order valence-corrected chi connectivity index (χ2v) is 4.85. The van der Waals surface area contributed by atoms with Gasteiger partial charge in [-0.3, -0.25) is 9.59 Å². The third-order valence-electron chi connectivity index (χ3n) is 3.03. The van der Waals surface area contributed by atoms with Gasteiger partial charge in [-0.15, -0.1) is 0 Å². The first-order valence-corrected chi connectivity index (χ1v) is 6.74. The first kappa shape index (κ1) is 15.4. The predicted molar refractivity (Wildman–Crippen MR) is 75.0 cm³/mol. The van der Waals surface area contributed by atoms with Crippen LogP contribution in [0.4, 0.5) is 0 Å². The van der Waals surface area contributed by atoms with Crippen molar-refractivity contribution in [3.63, 3.8) is 0 Å². The van der Waals surface area contributed by atoms with Crippen LogP contribution in [0.5, 0.6) is 0 Å². The van der Waals surface area contributed by atoms with Gasteiger partial charge in [0.1, 0.15) is 5.92 Å². The average molecular weight is 262 g/mol. The molecule has 0 heterocycles. The van der Waals surface area contributed by atoms with Crippen molar-refractivity contribution in [3.8, 4) is 0 Å². The second-order valence-electron chi connectivity index (χ2n) is 4.85. The molecule has 0 N–H and O–H groups in total. The highest BCUT2D eigenvalue weighted by Gasteiger charge is 2.25. The molecule has 0 saturated heterocycles. The topological polar surface area (TPSA) is 43.4 Å². The number of Topliss-reactive ketones (excluding diaryl/α,β-unsaturated/α-hetero) is 1. The Morgan fingerprint density at radius 3 is 2.16 bits per heavy atom. The maximum atomic E-state index is 12.2. The molecule has 0 radical (unpaired) electrons. The zero-order valence-corrected chi connectivity index (χ0v) is 12.2. The number of ketones is 1. The quantitative estimate of drug-likeness (QED) is 0.584. The Balaban J connectivity index is 2.79. The van der Waals surface area contributed by atoms with E-state index in [4.69, 9.17) is 4.74 Å². The molecular formula is C16H22O3. The van der Waals surface area contributed by atoms with Gasteiger partial charge in [0.05, 0.1) is 6.61 Å². The van der Waals surface area contributed by atoms with Crippen LogP contribution in [0.25, 0.3) is 0 Å². The number of benzene rings is 1. The van der Waals surface area contributed by atoms with Gasteiger partial charge in [0, 0.05) is 6.42 Å². The monoisotopic (exact) mass is 262 g/mol. The maximum Gasteiger partial charge on any atom is 0.316 e. The molecular weight excluding hydrogens is 240 g/mol. The van der Waals surface area contributed by atoms with Crippen LogP contribution in [0, 0.1) is 19.8 Å². The van der Waals surface area contributed by atoms with Crippen molar-refractivity contribution in [2.75, 3.05) is 6.61 Å². The Hall–Kier alpha value is -1.64. The Labute approximate surface area is 115 Å². The summed E-state index contributed by atoms with van der Waals surface area (Å²) in [6.07, 6.45) is 0.780. The van der Waals surface area contributed by atoms with Gasteiger partial charge in [-0.25, -0.2) is 0 Å². The number of esters is 1. The summed E-state index contributed by atoms with van der Waals surface area (Å²) in [5.74, 6) is -1.11. The maximum absolute atomic E-state index is 12.2. The molecule has 1 aromatic rings. The summed E-state index contributed by atoms with van der Waals surface area (Å²) in [6, 6.07) is 6.04. The summed E-state index contributed by atoms with van der Waals surface area (Å²) in [5.41, 5.74) is 3.23.